The Bertz CT molecular complexity index is 181. The maximum atomic E-state index is 11.1. The normalized spacial score (nSPS) is 17.5. The molecule has 0 fully saturated rings. The van der Waals surface area contributed by atoms with Crippen molar-refractivity contribution in [3.63, 3.8) is 0 Å². The van der Waals surface area contributed by atoms with E-state index < -0.39 is 24.1 Å². The summed E-state index contributed by atoms with van der Waals surface area (Å²) in [6.07, 6.45) is 1.37. The van der Waals surface area contributed by atoms with Crippen molar-refractivity contribution in [2.24, 2.45) is 0 Å². The molecule has 0 aromatic rings. The van der Waals surface area contributed by atoms with Gasteiger partial charge >= 0.3 is 0 Å². The molecule has 0 aliphatic carbocycles. The minimum atomic E-state index is -1.77. The van der Waals surface area contributed by atoms with E-state index in [9.17, 15) is 15.0 Å². The smallest absolute Gasteiger partial charge is 0.164 e. The van der Waals surface area contributed by atoms with Crippen molar-refractivity contribution in [3.05, 3.63) is 0 Å². The van der Waals surface area contributed by atoms with E-state index >= 15 is 0 Å². The first-order valence-corrected chi connectivity index (χ1v) is 5.01. The number of aliphatic hydroxyl groups excluding tert-OH is 2. The van der Waals surface area contributed by atoms with Crippen LogP contribution in [0.25, 0.3) is 0 Å². The molecule has 0 spiro atoms. The molecular formula is C10H20O4. The van der Waals surface area contributed by atoms with Gasteiger partial charge in [-0.15, -0.1) is 0 Å². The second-order valence-corrected chi connectivity index (χ2v) is 3.64. The summed E-state index contributed by atoms with van der Waals surface area (Å²) in [4.78, 5) is 11.1. The summed E-state index contributed by atoms with van der Waals surface area (Å²) < 4.78 is 0. The Kier molecular flexibility index (Phi) is 5.92. The van der Waals surface area contributed by atoms with Crippen LogP contribution in [0.5, 0.6) is 0 Å². The van der Waals surface area contributed by atoms with Crippen LogP contribution in [0.4, 0.5) is 0 Å². The molecule has 0 saturated heterocycles. The zero-order valence-electron chi connectivity index (χ0n) is 8.86. The van der Waals surface area contributed by atoms with Crippen LogP contribution in [0, 0.1) is 0 Å². The monoisotopic (exact) mass is 204 g/mol. The zero-order valence-corrected chi connectivity index (χ0v) is 8.86. The van der Waals surface area contributed by atoms with Gasteiger partial charge in [-0.05, 0) is 13.3 Å². The van der Waals surface area contributed by atoms with Gasteiger partial charge in [0.15, 0.2) is 11.4 Å². The Morgan fingerprint density at radius 1 is 1.43 bits per heavy atom. The number of carbonyl (C=O) groups excluding carboxylic acids is 1. The average molecular weight is 204 g/mol. The van der Waals surface area contributed by atoms with Crippen molar-refractivity contribution in [3.8, 4) is 0 Å². The van der Waals surface area contributed by atoms with Gasteiger partial charge in [-0.2, -0.15) is 0 Å². The molecule has 2 atom stereocenters. The van der Waals surface area contributed by atoms with Gasteiger partial charge in [0, 0.05) is 0 Å². The highest BCUT2D eigenvalue weighted by Crippen LogP contribution is 2.20. The summed E-state index contributed by atoms with van der Waals surface area (Å²) in [5.74, 6) is -0.491. The summed E-state index contributed by atoms with van der Waals surface area (Å²) in [7, 11) is 0. The third-order valence-electron chi connectivity index (χ3n) is 2.50. The third-order valence-corrected chi connectivity index (χ3v) is 2.50. The van der Waals surface area contributed by atoms with Crippen molar-refractivity contribution in [2.45, 2.75) is 51.2 Å². The van der Waals surface area contributed by atoms with Gasteiger partial charge in [0.25, 0.3) is 0 Å². The number of aliphatic hydroxyl groups is 3. The fourth-order valence-corrected chi connectivity index (χ4v) is 1.37. The van der Waals surface area contributed by atoms with E-state index in [0.29, 0.717) is 6.42 Å². The lowest BCUT2D eigenvalue weighted by atomic mass is 9.87. The SMILES string of the molecule is CCCCCC(O)(C(C)=O)C(O)CO. The molecule has 3 N–H and O–H groups in total. The lowest BCUT2D eigenvalue weighted by molar-refractivity contribution is -0.153. The van der Waals surface area contributed by atoms with Crippen LogP contribution in [-0.4, -0.2) is 39.4 Å². The van der Waals surface area contributed by atoms with Gasteiger partial charge in [0.1, 0.15) is 6.10 Å². The number of ketones is 1. The topological polar surface area (TPSA) is 77.8 Å². The Morgan fingerprint density at radius 3 is 2.36 bits per heavy atom. The first kappa shape index (κ1) is 13.5. The fraction of sp³-hybridized carbons (Fsp3) is 0.900. The van der Waals surface area contributed by atoms with Gasteiger partial charge in [0.2, 0.25) is 0 Å². The van der Waals surface area contributed by atoms with E-state index in [-0.39, 0.29) is 6.42 Å². The van der Waals surface area contributed by atoms with Crippen molar-refractivity contribution in [1.29, 1.82) is 0 Å². The molecule has 0 aliphatic rings. The second-order valence-electron chi connectivity index (χ2n) is 3.64. The van der Waals surface area contributed by atoms with E-state index in [2.05, 4.69) is 0 Å². The molecule has 0 rings (SSSR count). The van der Waals surface area contributed by atoms with E-state index in [0.717, 1.165) is 12.8 Å². The minimum Gasteiger partial charge on any atom is -0.394 e. The molecule has 84 valence electrons. The number of rotatable bonds is 7. The lowest BCUT2D eigenvalue weighted by Gasteiger charge is -2.29. The first-order chi connectivity index (χ1) is 6.49. The van der Waals surface area contributed by atoms with E-state index in [1.165, 1.54) is 6.92 Å². The number of carbonyl (C=O) groups is 1. The van der Waals surface area contributed by atoms with Crippen molar-refractivity contribution >= 4 is 5.78 Å². The molecule has 2 unspecified atom stereocenters. The van der Waals surface area contributed by atoms with Crippen LogP contribution in [0.2, 0.25) is 0 Å². The molecule has 0 aromatic heterocycles. The van der Waals surface area contributed by atoms with Crippen molar-refractivity contribution in [1.82, 2.24) is 0 Å². The Balaban J connectivity index is 4.32. The highest BCUT2D eigenvalue weighted by Gasteiger charge is 2.39. The average Bonchev–Trinajstić information content (AvgIpc) is 2.16. The molecule has 0 aliphatic heterocycles. The van der Waals surface area contributed by atoms with E-state index in [1.54, 1.807) is 0 Å². The number of Topliss-reactive ketones (excluding diaryl/α,β-unsaturated/α-hetero) is 1. The maximum Gasteiger partial charge on any atom is 0.164 e. The van der Waals surface area contributed by atoms with Crippen LogP contribution in [0.3, 0.4) is 0 Å². The predicted molar refractivity (Wildman–Crippen MR) is 52.9 cm³/mol. The van der Waals surface area contributed by atoms with Gasteiger partial charge in [-0.1, -0.05) is 26.2 Å². The third kappa shape index (κ3) is 3.36. The largest absolute Gasteiger partial charge is 0.394 e. The summed E-state index contributed by atoms with van der Waals surface area (Å²) in [6, 6.07) is 0. The highest BCUT2D eigenvalue weighted by molar-refractivity contribution is 5.85. The van der Waals surface area contributed by atoms with Crippen LogP contribution >= 0.6 is 0 Å². The molecule has 0 bridgehead atoms. The number of unbranched alkanes of at least 4 members (excludes halogenated alkanes) is 2. The zero-order chi connectivity index (χ0) is 11.2. The number of hydrogen-bond acceptors (Lipinski definition) is 4. The standard InChI is InChI=1S/C10H20O4/c1-3-4-5-6-10(14,8(2)12)9(13)7-11/h9,11,13-14H,3-7H2,1-2H3. The van der Waals surface area contributed by atoms with Crippen LogP contribution in [-0.2, 0) is 4.79 Å². The second kappa shape index (κ2) is 6.11. The molecule has 4 heteroatoms. The first-order valence-electron chi connectivity index (χ1n) is 5.01. The molecule has 0 saturated carbocycles. The van der Waals surface area contributed by atoms with E-state index in [4.69, 9.17) is 5.11 Å². The summed E-state index contributed by atoms with van der Waals surface area (Å²) >= 11 is 0. The van der Waals surface area contributed by atoms with Crippen LogP contribution in [0.1, 0.15) is 39.5 Å². The maximum absolute atomic E-state index is 11.1. The van der Waals surface area contributed by atoms with E-state index in [1.807, 2.05) is 6.92 Å². The van der Waals surface area contributed by atoms with Gasteiger partial charge in [-0.25, -0.2) is 0 Å². The summed E-state index contributed by atoms with van der Waals surface area (Å²) in [6.45, 7) is 2.64. The molecule has 0 aromatic carbocycles. The molecule has 0 heterocycles. The Morgan fingerprint density at radius 2 is 2.00 bits per heavy atom. The quantitative estimate of drug-likeness (QED) is 0.519. The van der Waals surface area contributed by atoms with Crippen LogP contribution < -0.4 is 0 Å². The van der Waals surface area contributed by atoms with Crippen molar-refractivity contribution < 1.29 is 20.1 Å². The summed E-state index contributed by atoms with van der Waals surface area (Å²) in [5, 5.41) is 27.9. The Hall–Kier alpha value is -0.450. The molecule has 0 amide bonds. The highest BCUT2D eigenvalue weighted by atomic mass is 16.4. The molecule has 4 nitrogen and oxygen atoms in total. The summed E-state index contributed by atoms with van der Waals surface area (Å²) in [5.41, 5.74) is -1.77. The van der Waals surface area contributed by atoms with Crippen LogP contribution in [0.15, 0.2) is 0 Å². The van der Waals surface area contributed by atoms with Gasteiger partial charge < -0.3 is 15.3 Å². The minimum absolute atomic E-state index is 0.206. The lowest BCUT2D eigenvalue weighted by Crippen LogP contribution is -2.50. The van der Waals surface area contributed by atoms with Crippen molar-refractivity contribution in [2.75, 3.05) is 6.61 Å². The molecule has 0 radical (unpaired) electrons. The number of hydrogen-bond donors (Lipinski definition) is 3. The molecule has 14 heavy (non-hydrogen) atoms. The predicted octanol–water partition coefficient (Wildman–Crippen LogP) is 0.240. The molecular weight excluding hydrogens is 184 g/mol. The Labute approximate surface area is 84.6 Å². The fourth-order valence-electron chi connectivity index (χ4n) is 1.37. The van der Waals surface area contributed by atoms with Gasteiger partial charge in [-0.3, -0.25) is 4.79 Å². The van der Waals surface area contributed by atoms with Gasteiger partial charge in [0.05, 0.1) is 6.61 Å².